The number of carbonyl (C=O) groups excluding carboxylic acids is 1. The van der Waals surface area contributed by atoms with Crippen LogP contribution in [0, 0.1) is 19.8 Å². The van der Waals surface area contributed by atoms with E-state index in [4.69, 9.17) is 4.74 Å². The number of rotatable bonds is 3. The minimum atomic E-state index is -0.461. The van der Waals surface area contributed by atoms with Crippen LogP contribution in [0.4, 0.5) is 10.6 Å². The first-order valence-corrected chi connectivity index (χ1v) is 8.26. The summed E-state index contributed by atoms with van der Waals surface area (Å²) in [6.45, 7) is 12.1. The molecule has 0 radical (unpaired) electrons. The number of ether oxygens (including phenoxy) is 1. The lowest BCUT2D eigenvalue weighted by Crippen LogP contribution is -2.42. The predicted octanol–water partition coefficient (Wildman–Crippen LogP) is 2.83. The lowest BCUT2D eigenvalue weighted by atomic mass is 9.98. The highest BCUT2D eigenvalue weighted by Crippen LogP contribution is 2.23. The zero-order valence-corrected chi connectivity index (χ0v) is 14.8. The summed E-state index contributed by atoms with van der Waals surface area (Å²) in [7, 11) is 0. The third-order valence-electron chi connectivity index (χ3n) is 3.80. The maximum absolute atomic E-state index is 11.8. The van der Waals surface area contributed by atoms with Gasteiger partial charge in [0.25, 0.3) is 0 Å². The molecular formula is C17H28N4O2. The van der Waals surface area contributed by atoms with Crippen molar-refractivity contribution >= 4 is 11.9 Å². The smallest absolute Gasteiger partial charge is 0.407 e. The van der Waals surface area contributed by atoms with Gasteiger partial charge in [0.2, 0.25) is 0 Å². The molecule has 6 nitrogen and oxygen atoms in total. The summed E-state index contributed by atoms with van der Waals surface area (Å²) in [5.74, 6) is 1.37. The van der Waals surface area contributed by atoms with E-state index in [1.165, 1.54) is 0 Å². The summed E-state index contributed by atoms with van der Waals surface area (Å²) in [5, 5.41) is 2.88. The second-order valence-corrected chi connectivity index (χ2v) is 7.26. The number of anilines is 1. The molecule has 1 atom stereocenters. The highest BCUT2D eigenvalue weighted by atomic mass is 16.6. The Morgan fingerprint density at radius 2 is 2.17 bits per heavy atom. The third kappa shape index (κ3) is 5.37. The van der Waals surface area contributed by atoms with E-state index >= 15 is 0 Å². The van der Waals surface area contributed by atoms with Crippen molar-refractivity contribution in [3.63, 3.8) is 0 Å². The van der Waals surface area contributed by atoms with Gasteiger partial charge in [-0.15, -0.1) is 0 Å². The van der Waals surface area contributed by atoms with E-state index in [0.717, 1.165) is 43.1 Å². The molecule has 1 unspecified atom stereocenters. The summed E-state index contributed by atoms with van der Waals surface area (Å²) >= 11 is 0. The molecular weight excluding hydrogens is 292 g/mol. The van der Waals surface area contributed by atoms with Gasteiger partial charge in [0, 0.05) is 25.8 Å². The summed E-state index contributed by atoms with van der Waals surface area (Å²) in [5.41, 5.74) is 1.42. The molecule has 1 amide bonds. The average Bonchev–Trinajstić information content (AvgIpc) is 2.46. The predicted molar refractivity (Wildman–Crippen MR) is 90.7 cm³/mol. The summed E-state index contributed by atoms with van der Waals surface area (Å²) in [6.07, 6.45) is 3.64. The minimum Gasteiger partial charge on any atom is -0.444 e. The zero-order valence-electron chi connectivity index (χ0n) is 14.8. The first kappa shape index (κ1) is 17.5. The molecule has 1 aromatic rings. The van der Waals surface area contributed by atoms with Gasteiger partial charge in [-0.25, -0.2) is 9.78 Å². The highest BCUT2D eigenvalue weighted by Gasteiger charge is 2.24. The van der Waals surface area contributed by atoms with E-state index in [1.54, 1.807) is 6.20 Å². The summed E-state index contributed by atoms with van der Waals surface area (Å²) < 4.78 is 5.29. The maximum Gasteiger partial charge on any atom is 0.407 e. The number of carbonyl (C=O) groups is 1. The second kappa shape index (κ2) is 7.15. The van der Waals surface area contributed by atoms with Gasteiger partial charge in [0.05, 0.1) is 11.4 Å². The zero-order chi connectivity index (χ0) is 17.0. The molecule has 0 saturated carbocycles. The van der Waals surface area contributed by atoms with Gasteiger partial charge >= 0.3 is 6.09 Å². The summed E-state index contributed by atoms with van der Waals surface area (Å²) in [6, 6.07) is 0. The van der Waals surface area contributed by atoms with Crippen molar-refractivity contribution < 1.29 is 9.53 Å². The molecule has 0 aliphatic carbocycles. The van der Waals surface area contributed by atoms with Gasteiger partial charge in [-0.05, 0) is 53.4 Å². The molecule has 23 heavy (non-hydrogen) atoms. The van der Waals surface area contributed by atoms with Gasteiger partial charge in [0.15, 0.2) is 0 Å². The van der Waals surface area contributed by atoms with Crippen LogP contribution < -0.4 is 10.2 Å². The quantitative estimate of drug-likeness (QED) is 0.927. The number of nitrogens with one attached hydrogen (secondary N) is 1. The standard InChI is InChI=1S/C17H28N4O2/c1-12-9-18-13(2)15(20-12)21-8-6-7-14(11-21)10-19-16(22)23-17(3,4)5/h9,14H,6-8,10-11H2,1-5H3,(H,19,22). The van der Waals surface area contributed by atoms with Gasteiger partial charge in [-0.2, -0.15) is 0 Å². The van der Waals surface area contributed by atoms with Gasteiger partial charge in [0.1, 0.15) is 11.4 Å². The van der Waals surface area contributed by atoms with Crippen molar-refractivity contribution in [2.24, 2.45) is 5.92 Å². The number of aromatic nitrogens is 2. The number of alkyl carbamates (subject to hydrolysis) is 1. The van der Waals surface area contributed by atoms with E-state index in [-0.39, 0.29) is 6.09 Å². The lowest BCUT2D eigenvalue weighted by molar-refractivity contribution is 0.0517. The number of hydrogen-bond acceptors (Lipinski definition) is 5. The Hall–Kier alpha value is -1.85. The molecule has 6 heteroatoms. The van der Waals surface area contributed by atoms with Crippen LogP contribution in [0.25, 0.3) is 0 Å². The maximum atomic E-state index is 11.8. The van der Waals surface area contributed by atoms with Crippen LogP contribution in [-0.4, -0.2) is 41.3 Å². The molecule has 2 heterocycles. The van der Waals surface area contributed by atoms with Crippen LogP contribution in [-0.2, 0) is 4.74 Å². The van der Waals surface area contributed by atoms with E-state index in [2.05, 4.69) is 20.2 Å². The van der Waals surface area contributed by atoms with Crippen LogP contribution >= 0.6 is 0 Å². The molecule has 1 fully saturated rings. The fourth-order valence-electron chi connectivity index (χ4n) is 2.79. The minimum absolute atomic E-state index is 0.346. The Kier molecular flexibility index (Phi) is 5.44. The number of piperidine rings is 1. The Labute approximate surface area is 138 Å². The van der Waals surface area contributed by atoms with Gasteiger partial charge in [-0.3, -0.25) is 4.98 Å². The molecule has 0 spiro atoms. The van der Waals surface area contributed by atoms with Crippen molar-refractivity contribution in [1.29, 1.82) is 0 Å². The highest BCUT2D eigenvalue weighted by molar-refractivity contribution is 5.67. The first-order valence-electron chi connectivity index (χ1n) is 8.26. The van der Waals surface area contributed by atoms with Crippen LogP contribution in [0.5, 0.6) is 0 Å². The van der Waals surface area contributed by atoms with Crippen LogP contribution in [0.15, 0.2) is 6.20 Å². The molecule has 1 aliphatic rings. The molecule has 128 valence electrons. The molecule has 1 aromatic heterocycles. The Balaban J connectivity index is 1.91. The van der Waals surface area contributed by atoms with Crippen LogP contribution in [0.1, 0.15) is 45.0 Å². The average molecular weight is 320 g/mol. The lowest BCUT2D eigenvalue weighted by Gasteiger charge is -2.34. The molecule has 2 rings (SSSR count). The van der Waals surface area contributed by atoms with Crippen molar-refractivity contribution in [1.82, 2.24) is 15.3 Å². The third-order valence-corrected chi connectivity index (χ3v) is 3.80. The topological polar surface area (TPSA) is 67.4 Å². The second-order valence-electron chi connectivity index (χ2n) is 7.26. The van der Waals surface area contributed by atoms with Crippen molar-refractivity contribution in [3.05, 3.63) is 17.6 Å². The molecule has 0 aromatic carbocycles. The first-order chi connectivity index (χ1) is 10.7. The normalized spacial score (nSPS) is 18.7. The van der Waals surface area contributed by atoms with E-state index in [0.29, 0.717) is 12.5 Å². The number of hydrogen-bond donors (Lipinski definition) is 1. The number of amides is 1. The van der Waals surface area contributed by atoms with Crippen molar-refractivity contribution in [2.75, 3.05) is 24.5 Å². The largest absolute Gasteiger partial charge is 0.444 e. The fraction of sp³-hybridized carbons (Fsp3) is 0.706. The van der Waals surface area contributed by atoms with Crippen LogP contribution in [0.2, 0.25) is 0 Å². The Morgan fingerprint density at radius 3 is 2.87 bits per heavy atom. The Morgan fingerprint density at radius 1 is 1.43 bits per heavy atom. The number of aryl methyl sites for hydroxylation is 2. The van der Waals surface area contributed by atoms with Crippen molar-refractivity contribution in [3.8, 4) is 0 Å². The molecule has 1 aliphatic heterocycles. The molecule has 1 N–H and O–H groups in total. The summed E-state index contributed by atoms with van der Waals surface area (Å²) in [4.78, 5) is 23.1. The van der Waals surface area contributed by atoms with Crippen molar-refractivity contribution in [2.45, 2.75) is 53.1 Å². The Bertz CT molecular complexity index is 554. The monoisotopic (exact) mass is 320 g/mol. The fourth-order valence-corrected chi connectivity index (χ4v) is 2.79. The van der Waals surface area contributed by atoms with Gasteiger partial charge < -0.3 is 15.0 Å². The molecule has 1 saturated heterocycles. The van der Waals surface area contributed by atoms with E-state index in [9.17, 15) is 4.79 Å². The van der Waals surface area contributed by atoms with Crippen LogP contribution in [0.3, 0.4) is 0 Å². The van der Waals surface area contributed by atoms with E-state index < -0.39 is 5.60 Å². The van der Waals surface area contributed by atoms with Gasteiger partial charge in [-0.1, -0.05) is 0 Å². The molecule has 0 bridgehead atoms. The number of nitrogens with zero attached hydrogens (tertiary/aromatic N) is 3. The SMILES string of the molecule is Cc1cnc(C)c(N2CCCC(CNC(=O)OC(C)(C)C)C2)n1. The van der Waals surface area contributed by atoms with E-state index in [1.807, 2.05) is 34.6 Å².